The molecule has 0 bridgehead atoms. The number of halogens is 2. The third kappa shape index (κ3) is 9.83. The molecule has 0 N–H and O–H groups in total. The second-order valence-electron chi connectivity index (χ2n) is 9.85. The molecule has 0 fully saturated rings. The molecule has 0 atom stereocenters. The first-order valence-corrected chi connectivity index (χ1v) is 15.8. The summed E-state index contributed by atoms with van der Waals surface area (Å²) in [6.45, 7) is 4.13. The molecule has 0 heterocycles. The van der Waals surface area contributed by atoms with Crippen LogP contribution in [0, 0.1) is 38.1 Å². The Morgan fingerprint density at radius 3 is 1.73 bits per heavy atom. The second kappa shape index (κ2) is 19.8. The van der Waals surface area contributed by atoms with Gasteiger partial charge in [-0.2, -0.15) is 77.9 Å². The van der Waals surface area contributed by atoms with Crippen LogP contribution in [0.5, 0.6) is 0 Å². The molecule has 3 heteroatoms. The third-order valence-electron chi connectivity index (χ3n) is 6.96. The molecule has 0 aliphatic heterocycles. The summed E-state index contributed by atoms with van der Waals surface area (Å²) in [5.41, 5.74) is 8.25. The van der Waals surface area contributed by atoms with Gasteiger partial charge in [0.15, 0.2) is 0 Å². The van der Waals surface area contributed by atoms with Crippen molar-refractivity contribution in [2.24, 2.45) is 0 Å². The minimum absolute atomic E-state index is 0. The van der Waals surface area contributed by atoms with Crippen molar-refractivity contribution in [1.29, 1.82) is 0 Å². The van der Waals surface area contributed by atoms with E-state index >= 15 is 0 Å². The first-order chi connectivity index (χ1) is 20.7. The van der Waals surface area contributed by atoms with Crippen LogP contribution >= 0.6 is 24.8 Å². The van der Waals surface area contributed by atoms with Crippen LogP contribution in [-0.2, 0) is 30.7 Å². The summed E-state index contributed by atoms with van der Waals surface area (Å²) in [6, 6.07) is 49.0. The third-order valence-corrected chi connectivity index (χ3v) is 6.96. The Balaban J connectivity index is 0.000000243. The van der Waals surface area contributed by atoms with Gasteiger partial charge in [0, 0.05) is 0 Å². The maximum absolute atomic E-state index is 3.48. The predicted octanol–water partition coefficient (Wildman–Crippen LogP) is 11.1. The van der Waals surface area contributed by atoms with Crippen LogP contribution in [-0.4, -0.2) is 4.21 Å². The molecule has 0 unspecified atom stereocenters. The van der Waals surface area contributed by atoms with Crippen molar-refractivity contribution >= 4 is 50.6 Å². The van der Waals surface area contributed by atoms with Crippen LogP contribution < -0.4 is 0 Å². The molecule has 0 radical (unpaired) electrons. The molecule has 0 saturated carbocycles. The van der Waals surface area contributed by atoms with Crippen molar-refractivity contribution < 1.29 is 24.2 Å². The smallest absolute Gasteiger partial charge is 0.0240 e. The van der Waals surface area contributed by atoms with E-state index in [1.54, 1.807) is 0 Å². The van der Waals surface area contributed by atoms with E-state index in [1.165, 1.54) is 79.2 Å². The fraction of sp³-hybridized carbons (Fsp3) is 0.0976. The van der Waals surface area contributed by atoms with Crippen molar-refractivity contribution in [3.05, 3.63) is 180 Å². The van der Waals surface area contributed by atoms with Crippen molar-refractivity contribution in [2.75, 3.05) is 0 Å². The van der Waals surface area contributed by atoms with E-state index in [0.29, 0.717) is 0 Å². The van der Waals surface area contributed by atoms with Gasteiger partial charge in [-0.3, -0.25) is 6.08 Å². The van der Waals surface area contributed by atoms with E-state index in [-0.39, 0.29) is 24.8 Å². The molecular formula is C41H36Cl2Zr-4. The Hall–Kier alpha value is -3.35. The monoisotopic (exact) mass is 688 g/mol. The number of hydrogen-bond donors (Lipinski definition) is 0. The summed E-state index contributed by atoms with van der Waals surface area (Å²) < 4.78 is 3.34. The Morgan fingerprint density at radius 1 is 0.636 bits per heavy atom. The molecule has 44 heavy (non-hydrogen) atoms. The maximum Gasteiger partial charge on any atom is -0.0240 e. The molecule has 6 aromatic carbocycles. The Kier molecular flexibility index (Phi) is 16.6. The van der Waals surface area contributed by atoms with E-state index < -0.39 is 0 Å². The fourth-order valence-corrected chi connectivity index (χ4v) is 5.01. The fourth-order valence-electron chi connectivity index (χ4n) is 5.01. The Bertz CT molecular complexity index is 1730. The quantitative estimate of drug-likeness (QED) is 0.110. The topological polar surface area (TPSA) is 0 Å². The van der Waals surface area contributed by atoms with E-state index in [1.807, 2.05) is 66.7 Å². The molecule has 0 amide bonds. The number of hydrogen-bond acceptors (Lipinski definition) is 0. The van der Waals surface area contributed by atoms with Gasteiger partial charge in [0.05, 0.1) is 0 Å². The zero-order chi connectivity index (χ0) is 29.6. The summed E-state index contributed by atoms with van der Waals surface area (Å²) in [4.78, 5) is 0. The molecule has 222 valence electrons. The Labute approximate surface area is 290 Å². The molecular weight excluding hydrogens is 655 g/mol. The number of benzene rings is 6. The van der Waals surface area contributed by atoms with Crippen LogP contribution in [0.4, 0.5) is 0 Å². The molecule has 0 spiro atoms. The predicted molar refractivity (Wildman–Crippen MR) is 192 cm³/mol. The minimum Gasteiger partial charge on any atom is -0.147 e. The van der Waals surface area contributed by atoms with Gasteiger partial charge in [-0.25, -0.2) is 12.2 Å². The van der Waals surface area contributed by atoms with Crippen molar-refractivity contribution in [3.8, 4) is 11.1 Å². The van der Waals surface area contributed by atoms with Gasteiger partial charge in [0.1, 0.15) is 0 Å². The van der Waals surface area contributed by atoms with Gasteiger partial charge < -0.3 is 0 Å². The van der Waals surface area contributed by atoms with Gasteiger partial charge >= 0.3 is 28.4 Å². The number of fused-ring (bicyclic) bond motifs is 8. The van der Waals surface area contributed by atoms with Crippen LogP contribution in [0.1, 0.15) is 28.7 Å². The largest absolute Gasteiger partial charge is 0.147 e. The molecule has 0 saturated heterocycles. The van der Waals surface area contributed by atoms with Crippen molar-refractivity contribution in [3.63, 3.8) is 0 Å². The van der Waals surface area contributed by atoms with Gasteiger partial charge in [-0.05, 0) is 28.5 Å². The van der Waals surface area contributed by atoms with Crippen LogP contribution in [0.3, 0.4) is 0 Å². The second-order valence-corrected chi connectivity index (χ2v) is 9.85. The average Bonchev–Trinajstić information content (AvgIpc) is 3.76. The first kappa shape index (κ1) is 36.8. The SMILES string of the molecule is Cc1cc[c-]cc1.Cc1cc[c-]cc1.Cl.Cl.[C-]1=CC=CC1.[CH2]=[Zr].[c-]1cccc2c1c1c(c3ccccc32)-c2ccccc2C1. The van der Waals surface area contributed by atoms with E-state index in [9.17, 15) is 0 Å². The van der Waals surface area contributed by atoms with E-state index in [4.69, 9.17) is 0 Å². The normalized spacial score (nSPS) is 10.8. The van der Waals surface area contributed by atoms with E-state index in [0.717, 1.165) is 12.8 Å². The standard InChI is InChI=1S/C21H13.2C7H7.C5H5.CH2.2ClH.Zr/c1-2-8-15-14(7-1)13-20-18-11-4-3-9-16(18)17-10-5-6-12-19(17)21(15)20;2*1-7-5-3-2-4-6-7;1-2-4-5-3-1;;;;/h1-10,12H,13H2;2*3-6H,1H3;1-3H,4H2;1H2;2*1H;/q4*-1;;;;. The Morgan fingerprint density at radius 2 is 1.20 bits per heavy atom. The zero-order valence-corrected chi connectivity index (χ0v) is 29.2. The number of rotatable bonds is 0. The molecule has 6 aromatic rings. The minimum atomic E-state index is 0. The summed E-state index contributed by atoms with van der Waals surface area (Å²) in [6.07, 6.45) is 11.0. The zero-order valence-electron chi connectivity index (χ0n) is 25.1. The molecule has 2 aliphatic carbocycles. The van der Waals surface area contributed by atoms with Crippen LogP contribution in [0.2, 0.25) is 0 Å². The molecule has 0 aromatic heterocycles. The molecule has 0 nitrogen and oxygen atoms in total. The van der Waals surface area contributed by atoms with E-state index in [2.05, 4.69) is 109 Å². The van der Waals surface area contributed by atoms with Crippen molar-refractivity contribution in [2.45, 2.75) is 26.7 Å². The maximum atomic E-state index is 3.48. The summed E-state index contributed by atoms with van der Waals surface area (Å²) in [5, 5.41) is 5.30. The van der Waals surface area contributed by atoms with Crippen LogP contribution in [0.25, 0.3) is 32.7 Å². The molecule has 2 aliphatic rings. The van der Waals surface area contributed by atoms with Gasteiger partial charge in [0.2, 0.25) is 0 Å². The summed E-state index contributed by atoms with van der Waals surface area (Å²) in [5.74, 6) is 0. The molecule has 8 rings (SSSR count). The first-order valence-electron chi connectivity index (χ1n) is 14.1. The van der Waals surface area contributed by atoms with Crippen molar-refractivity contribution in [1.82, 2.24) is 0 Å². The number of aryl methyl sites for hydroxylation is 2. The van der Waals surface area contributed by atoms with Gasteiger partial charge in [-0.15, -0.1) is 71.8 Å². The van der Waals surface area contributed by atoms with Gasteiger partial charge in [0.25, 0.3) is 0 Å². The number of allylic oxidation sites excluding steroid dienone is 4. The summed E-state index contributed by atoms with van der Waals surface area (Å²) in [7, 11) is 0. The average molecular weight is 691 g/mol. The van der Waals surface area contributed by atoms with Gasteiger partial charge in [-0.1, -0.05) is 67.8 Å². The van der Waals surface area contributed by atoms with Crippen LogP contribution in [0.15, 0.2) is 133 Å². The summed E-state index contributed by atoms with van der Waals surface area (Å²) >= 11 is 1.30.